The molecule has 0 bridgehead atoms. The van der Waals surface area contributed by atoms with Crippen LogP contribution >= 0.6 is 0 Å². The normalized spacial score (nSPS) is 23.4. The number of benzene rings is 2. The van der Waals surface area contributed by atoms with Gasteiger partial charge in [-0.1, -0.05) is 30.3 Å². The number of rotatable bonds is 5. The lowest BCUT2D eigenvalue weighted by molar-refractivity contribution is -0.144. The molecule has 2 fully saturated rings. The van der Waals surface area contributed by atoms with Crippen molar-refractivity contribution in [1.29, 1.82) is 0 Å². The van der Waals surface area contributed by atoms with E-state index in [4.69, 9.17) is 6.42 Å². The van der Waals surface area contributed by atoms with Crippen molar-refractivity contribution in [2.24, 2.45) is 11.8 Å². The van der Waals surface area contributed by atoms with Crippen molar-refractivity contribution in [3.8, 4) is 12.3 Å². The van der Waals surface area contributed by atoms with Crippen LogP contribution in [0.4, 0.5) is 26.3 Å². The van der Waals surface area contributed by atoms with Crippen LogP contribution in [0, 0.1) is 24.2 Å². The molecule has 2 aromatic rings. The van der Waals surface area contributed by atoms with E-state index < -0.39 is 46.4 Å². The molecule has 0 unspecified atom stereocenters. The molecule has 4 nitrogen and oxygen atoms in total. The number of alkyl halides is 6. The molecule has 1 saturated carbocycles. The van der Waals surface area contributed by atoms with Gasteiger partial charge in [0.15, 0.2) is 0 Å². The summed E-state index contributed by atoms with van der Waals surface area (Å²) < 4.78 is 81.4. The Hall–Kier alpha value is -3.48. The summed E-state index contributed by atoms with van der Waals surface area (Å²) in [4.78, 5) is 30.6. The van der Waals surface area contributed by atoms with Crippen LogP contribution in [0.3, 0.4) is 0 Å². The van der Waals surface area contributed by atoms with Crippen LogP contribution in [0.15, 0.2) is 48.5 Å². The van der Waals surface area contributed by atoms with E-state index in [0.717, 1.165) is 18.4 Å². The van der Waals surface area contributed by atoms with Gasteiger partial charge in [0.05, 0.1) is 22.6 Å². The summed E-state index contributed by atoms with van der Waals surface area (Å²) in [7, 11) is 1.50. The van der Waals surface area contributed by atoms with E-state index in [2.05, 4.69) is 5.92 Å². The first-order chi connectivity index (χ1) is 19.5. The quantitative estimate of drug-likeness (QED) is 0.280. The smallest absolute Gasteiger partial charge is 0.340 e. The second-order valence-electron chi connectivity index (χ2n) is 11.9. The highest BCUT2D eigenvalue weighted by atomic mass is 19.4. The Balaban J connectivity index is 1.65. The van der Waals surface area contributed by atoms with E-state index in [9.17, 15) is 35.9 Å². The highest BCUT2D eigenvalue weighted by Crippen LogP contribution is 2.41. The minimum absolute atomic E-state index is 0.0262. The molecular weight excluding hydrogens is 558 g/mol. The summed E-state index contributed by atoms with van der Waals surface area (Å²) in [5.41, 5.74) is -4.20. The number of terminal acetylenes is 1. The molecule has 2 atom stereocenters. The first kappa shape index (κ1) is 31.5. The molecule has 1 heterocycles. The van der Waals surface area contributed by atoms with Gasteiger partial charge in [-0.2, -0.15) is 26.3 Å². The third-order valence-electron chi connectivity index (χ3n) is 8.80. The highest BCUT2D eigenvalue weighted by molar-refractivity contribution is 5.88. The van der Waals surface area contributed by atoms with Crippen LogP contribution in [0.1, 0.15) is 67.7 Å². The zero-order valence-corrected chi connectivity index (χ0v) is 23.7. The maximum Gasteiger partial charge on any atom is 0.416 e. The van der Waals surface area contributed by atoms with Gasteiger partial charge in [0.1, 0.15) is 0 Å². The average Bonchev–Trinajstić information content (AvgIpc) is 3.41. The number of hydrogen-bond donors (Lipinski definition) is 0. The van der Waals surface area contributed by atoms with Crippen molar-refractivity contribution in [3.63, 3.8) is 0 Å². The van der Waals surface area contributed by atoms with E-state index in [-0.39, 0.29) is 36.3 Å². The fourth-order valence-corrected chi connectivity index (χ4v) is 6.18. The van der Waals surface area contributed by atoms with Gasteiger partial charge in [-0.3, -0.25) is 9.59 Å². The van der Waals surface area contributed by atoms with Crippen LogP contribution < -0.4 is 0 Å². The van der Waals surface area contributed by atoms with Gasteiger partial charge in [-0.15, -0.1) is 12.3 Å². The van der Waals surface area contributed by atoms with Gasteiger partial charge in [0.25, 0.3) is 0 Å². The van der Waals surface area contributed by atoms with Gasteiger partial charge in [-0.05, 0) is 68.9 Å². The van der Waals surface area contributed by atoms with Crippen LogP contribution in [-0.2, 0) is 27.4 Å². The molecule has 2 aliphatic rings. The Morgan fingerprint density at radius 2 is 1.38 bits per heavy atom. The maximum atomic E-state index is 13.9. The van der Waals surface area contributed by atoms with Gasteiger partial charge < -0.3 is 9.80 Å². The van der Waals surface area contributed by atoms with Gasteiger partial charge >= 0.3 is 12.4 Å². The Morgan fingerprint density at radius 1 is 0.857 bits per heavy atom. The SMILES string of the molecule is C#CC1CCC(C(=O)N2C[C@@H](N(C)C(=O)C(C)(C)c3cc(C(F)(F)F)cc(C(F)(F)F)c3)[C@H](c3ccccc3)C2)CC1. The molecule has 1 aliphatic heterocycles. The lowest BCUT2D eigenvalue weighted by Gasteiger charge is -2.36. The van der Waals surface area contributed by atoms with Crippen molar-refractivity contribution >= 4 is 11.8 Å². The molecule has 226 valence electrons. The van der Waals surface area contributed by atoms with Crippen LogP contribution in [0.2, 0.25) is 0 Å². The Bertz CT molecular complexity index is 1310. The maximum absolute atomic E-state index is 13.9. The van der Waals surface area contributed by atoms with Crippen molar-refractivity contribution in [3.05, 3.63) is 70.8 Å². The second kappa shape index (κ2) is 11.7. The molecule has 0 N–H and O–H groups in total. The lowest BCUT2D eigenvalue weighted by Crippen LogP contribution is -2.49. The van der Waals surface area contributed by atoms with E-state index >= 15 is 0 Å². The van der Waals surface area contributed by atoms with Crippen molar-refractivity contribution < 1.29 is 35.9 Å². The highest BCUT2D eigenvalue weighted by Gasteiger charge is 2.46. The third kappa shape index (κ3) is 6.45. The van der Waals surface area contributed by atoms with Gasteiger partial charge in [-0.25, -0.2) is 0 Å². The predicted octanol–water partition coefficient (Wildman–Crippen LogP) is 6.89. The number of hydrogen-bond acceptors (Lipinski definition) is 2. The molecular formula is C32H34F6N2O2. The number of halogens is 6. The summed E-state index contributed by atoms with van der Waals surface area (Å²) in [5.74, 6) is 1.74. The minimum atomic E-state index is -5.04. The zero-order valence-electron chi connectivity index (χ0n) is 23.7. The van der Waals surface area contributed by atoms with E-state index in [0.29, 0.717) is 31.5 Å². The minimum Gasteiger partial charge on any atom is -0.340 e. The predicted molar refractivity (Wildman–Crippen MR) is 146 cm³/mol. The molecule has 0 radical (unpaired) electrons. The number of amides is 2. The standard InChI is InChI=1S/C32H34F6N2O2/c1-5-20-11-13-22(14-12-20)28(41)40-18-26(21-9-7-6-8-10-21)27(19-40)39(4)29(42)30(2,3)23-15-24(31(33,34)35)17-25(16-23)32(36,37)38/h1,6-10,15-17,20,22,26-27H,11-14,18-19H2,2-4H3/t20?,22?,26-,27+/m0/s1. The molecule has 1 aliphatic carbocycles. The van der Waals surface area contributed by atoms with Gasteiger partial charge in [0.2, 0.25) is 11.8 Å². The van der Waals surface area contributed by atoms with Crippen molar-refractivity contribution in [2.45, 2.75) is 69.3 Å². The molecule has 10 heteroatoms. The first-order valence-corrected chi connectivity index (χ1v) is 13.9. The fourth-order valence-electron chi connectivity index (χ4n) is 6.18. The van der Waals surface area contributed by atoms with E-state index in [1.54, 1.807) is 4.90 Å². The number of carbonyl (C=O) groups excluding carboxylic acids is 2. The Kier molecular flexibility index (Phi) is 8.73. The largest absolute Gasteiger partial charge is 0.416 e. The summed E-state index contributed by atoms with van der Waals surface area (Å²) in [6.45, 7) is 3.17. The Morgan fingerprint density at radius 3 is 1.88 bits per heavy atom. The summed E-state index contributed by atoms with van der Waals surface area (Å²) in [6.07, 6.45) is -1.66. The number of likely N-dealkylation sites (N-methyl/N-ethyl adjacent to an activating group) is 1. The molecule has 1 saturated heterocycles. The zero-order chi connectivity index (χ0) is 31.0. The molecule has 2 amide bonds. The van der Waals surface area contributed by atoms with Crippen molar-refractivity contribution in [1.82, 2.24) is 9.80 Å². The molecule has 0 spiro atoms. The first-order valence-electron chi connectivity index (χ1n) is 13.9. The second-order valence-corrected chi connectivity index (χ2v) is 11.9. The van der Waals surface area contributed by atoms with Gasteiger partial charge in [0, 0.05) is 37.9 Å². The van der Waals surface area contributed by atoms with Crippen LogP contribution in [-0.4, -0.2) is 47.8 Å². The Labute approximate surface area is 242 Å². The summed E-state index contributed by atoms with van der Waals surface area (Å²) >= 11 is 0. The topological polar surface area (TPSA) is 40.6 Å². The monoisotopic (exact) mass is 592 g/mol. The van der Waals surface area contributed by atoms with Crippen LogP contribution in [0.5, 0.6) is 0 Å². The average molecular weight is 593 g/mol. The number of carbonyl (C=O) groups is 2. The molecule has 42 heavy (non-hydrogen) atoms. The van der Waals surface area contributed by atoms with E-state index in [1.165, 1.54) is 25.8 Å². The number of likely N-dealkylation sites (tertiary alicyclic amines) is 1. The molecule has 0 aromatic heterocycles. The number of nitrogens with zero attached hydrogens (tertiary/aromatic N) is 2. The third-order valence-corrected chi connectivity index (χ3v) is 8.80. The van der Waals surface area contributed by atoms with Crippen molar-refractivity contribution in [2.75, 3.05) is 20.1 Å². The molecule has 4 rings (SSSR count). The van der Waals surface area contributed by atoms with Crippen LogP contribution in [0.25, 0.3) is 0 Å². The summed E-state index contributed by atoms with van der Waals surface area (Å²) in [5, 5.41) is 0. The summed E-state index contributed by atoms with van der Waals surface area (Å²) in [6, 6.07) is 10.00. The molecule has 2 aromatic carbocycles. The fraction of sp³-hybridized carbons (Fsp3) is 0.500. The lowest BCUT2D eigenvalue weighted by atomic mass is 9.80. The van der Waals surface area contributed by atoms with E-state index in [1.807, 2.05) is 30.3 Å².